The van der Waals surface area contributed by atoms with Crippen LogP contribution in [-0.4, -0.2) is 31.2 Å². The van der Waals surface area contributed by atoms with Crippen LogP contribution in [0.25, 0.3) is 10.8 Å². The van der Waals surface area contributed by atoms with Crippen LogP contribution in [0.2, 0.25) is 0 Å². The quantitative estimate of drug-likeness (QED) is 0.672. The number of alkyl halides is 3. The molecule has 0 saturated heterocycles. The first-order valence-electron chi connectivity index (χ1n) is 5.23. The van der Waals surface area contributed by atoms with E-state index in [0.717, 1.165) is 6.07 Å². The van der Waals surface area contributed by atoms with E-state index in [9.17, 15) is 26.4 Å². The molecule has 1 aromatic heterocycles. The third kappa shape index (κ3) is 2.77. The van der Waals surface area contributed by atoms with Gasteiger partial charge in [-0.3, -0.25) is 4.79 Å². The molecular formula is C10H7F3N2O5S. The van der Waals surface area contributed by atoms with Gasteiger partial charge >= 0.3 is 15.6 Å². The van der Waals surface area contributed by atoms with Crippen LogP contribution in [0.4, 0.5) is 13.2 Å². The Balaban J connectivity index is 2.65. The first-order chi connectivity index (χ1) is 9.65. The molecule has 0 radical (unpaired) electrons. The molecular weight excluding hydrogens is 317 g/mol. The van der Waals surface area contributed by atoms with Crippen molar-refractivity contribution in [1.29, 1.82) is 0 Å². The Morgan fingerprint density at radius 3 is 2.48 bits per heavy atom. The third-order valence-electron chi connectivity index (χ3n) is 2.43. The first kappa shape index (κ1) is 15.1. The fraction of sp³-hybridized carbons (Fsp3) is 0.200. The normalized spacial score (nSPS) is 12.4. The molecule has 7 nitrogen and oxygen atoms in total. The predicted octanol–water partition coefficient (Wildman–Crippen LogP) is 1.16. The zero-order valence-electron chi connectivity index (χ0n) is 10.3. The van der Waals surface area contributed by atoms with E-state index in [0.29, 0.717) is 0 Å². The number of hydrogen-bond acceptors (Lipinski definition) is 6. The van der Waals surface area contributed by atoms with E-state index >= 15 is 0 Å². The summed E-state index contributed by atoms with van der Waals surface area (Å²) in [4.78, 5) is 11.5. The number of halogens is 3. The van der Waals surface area contributed by atoms with Gasteiger partial charge in [-0.05, 0) is 18.2 Å². The van der Waals surface area contributed by atoms with Crippen molar-refractivity contribution in [3.05, 3.63) is 28.6 Å². The highest BCUT2D eigenvalue weighted by Crippen LogP contribution is 2.30. The predicted molar refractivity (Wildman–Crippen MR) is 64.5 cm³/mol. The molecule has 0 spiro atoms. The number of H-pyrrole nitrogens is 1. The van der Waals surface area contributed by atoms with Gasteiger partial charge in [-0.15, -0.1) is 5.10 Å². The summed E-state index contributed by atoms with van der Waals surface area (Å²) in [5, 5.41) is 4.71. The average molecular weight is 324 g/mol. The summed E-state index contributed by atoms with van der Waals surface area (Å²) in [6.45, 7) is 0. The van der Waals surface area contributed by atoms with E-state index in [2.05, 4.69) is 9.28 Å². The molecule has 0 unspecified atom stereocenters. The van der Waals surface area contributed by atoms with Crippen molar-refractivity contribution in [2.75, 3.05) is 7.11 Å². The average Bonchev–Trinajstić information content (AvgIpc) is 2.40. The van der Waals surface area contributed by atoms with Crippen LogP contribution < -0.4 is 14.5 Å². The minimum atomic E-state index is -5.90. The fourth-order valence-electron chi connectivity index (χ4n) is 1.46. The molecule has 114 valence electrons. The van der Waals surface area contributed by atoms with Crippen LogP contribution in [0, 0.1) is 0 Å². The number of nitrogens with one attached hydrogen (secondary N) is 1. The van der Waals surface area contributed by atoms with Crippen molar-refractivity contribution in [3.8, 4) is 11.6 Å². The molecule has 0 atom stereocenters. The topological polar surface area (TPSA) is 98.3 Å². The fourth-order valence-corrected chi connectivity index (χ4v) is 1.89. The van der Waals surface area contributed by atoms with Crippen molar-refractivity contribution < 1.29 is 30.5 Å². The lowest BCUT2D eigenvalue weighted by Crippen LogP contribution is -2.29. The van der Waals surface area contributed by atoms with Gasteiger partial charge in [-0.2, -0.15) is 21.6 Å². The van der Waals surface area contributed by atoms with Gasteiger partial charge in [-0.25, -0.2) is 5.10 Å². The Bertz CT molecular complexity index is 844. The van der Waals surface area contributed by atoms with E-state index in [1.165, 1.54) is 19.2 Å². The van der Waals surface area contributed by atoms with Crippen molar-refractivity contribution in [1.82, 2.24) is 10.2 Å². The number of benzene rings is 1. The van der Waals surface area contributed by atoms with E-state index in [-0.39, 0.29) is 16.5 Å². The van der Waals surface area contributed by atoms with Crippen LogP contribution in [-0.2, 0) is 10.1 Å². The second-order valence-corrected chi connectivity index (χ2v) is 5.29. The van der Waals surface area contributed by atoms with Crippen molar-refractivity contribution >= 4 is 20.9 Å². The summed E-state index contributed by atoms with van der Waals surface area (Å²) in [6, 6.07) is 3.75. The van der Waals surface area contributed by atoms with Crippen molar-refractivity contribution in [3.63, 3.8) is 0 Å². The number of ether oxygens (including phenoxy) is 1. The molecule has 0 saturated carbocycles. The molecule has 0 aliphatic heterocycles. The van der Waals surface area contributed by atoms with Gasteiger partial charge in [0.15, 0.2) is 0 Å². The summed E-state index contributed by atoms with van der Waals surface area (Å²) in [7, 11) is -4.61. The van der Waals surface area contributed by atoms with E-state index in [4.69, 9.17) is 4.74 Å². The Kier molecular flexibility index (Phi) is 3.53. The second-order valence-electron chi connectivity index (χ2n) is 3.75. The molecule has 2 aromatic rings. The van der Waals surface area contributed by atoms with Gasteiger partial charge in [0.25, 0.3) is 11.4 Å². The molecule has 21 heavy (non-hydrogen) atoms. The molecule has 0 aliphatic rings. The maximum absolute atomic E-state index is 12.3. The lowest BCUT2D eigenvalue weighted by atomic mass is 10.2. The summed E-state index contributed by atoms with van der Waals surface area (Å²) in [6.07, 6.45) is 0. The van der Waals surface area contributed by atoms with Gasteiger partial charge in [0.2, 0.25) is 0 Å². The summed E-state index contributed by atoms with van der Waals surface area (Å²) in [5.74, 6) is -0.718. The molecule has 1 N–H and O–H groups in total. The summed E-state index contributed by atoms with van der Waals surface area (Å²) in [5.41, 5.74) is -6.33. The van der Waals surface area contributed by atoms with Crippen LogP contribution in [0.15, 0.2) is 23.0 Å². The minimum absolute atomic E-state index is 0.0989. The molecule has 0 aliphatic carbocycles. The number of aromatic amines is 1. The van der Waals surface area contributed by atoms with Crippen LogP contribution in [0.1, 0.15) is 0 Å². The minimum Gasteiger partial charge on any atom is -0.497 e. The maximum atomic E-state index is 12.3. The second kappa shape index (κ2) is 4.91. The first-order valence-corrected chi connectivity index (χ1v) is 6.64. The largest absolute Gasteiger partial charge is 0.534 e. The Morgan fingerprint density at radius 2 is 1.90 bits per heavy atom. The molecule has 1 heterocycles. The highest BCUT2D eigenvalue weighted by molar-refractivity contribution is 7.88. The molecule has 2 rings (SSSR count). The number of hydrogen-bond donors (Lipinski definition) is 1. The number of rotatable bonds is 3. The molecule has 1 aromatic carbocycles. The van der Waals surface area contributed by atoms with Gasteiger partial charge in [-0.1, -0.05) is 0 Å². The monoisotopic (exact) mass is 324 g/mol. The standard InChI is InChI=1S/C10H7F3N2O5S/c1-19-5-2-3-6-7(4-5)9(15-14-8(6)16)20-21(17,18)10(11,12)13/h2-4H,1H3,(H,14,16). The lowest BCUT2D eigenvalue weighted by molar-refractivity contribution is -0.0501. The highest BCUT2D eigenvalue weighted by Gasteiger charge is 2.49. The summed E-state index contributed by atoms with van der Waals surface area (Å²) < 4.78 is 67.7. The number of methoxy groups -OCH3 is 1. The molecule has 0 fully saturated rings. The van der Waals surface area contributed by atoms with Gasteiger partial charge in [0, 0.05) is 0 Å². The molecule has 0 bridgehead atoms. The SMILES string of the molecule is COc1ccc2c(=O)[nH]nc(OS(=O)(=O)C(F)(F)F)c2c1. The number of nitrogens with zero attached hydrogens (tertiary/aromatic N) is 1. The number of fused-ring (bicyclic) bond motifs is 1. The Labute approximate surface area is 115 Å². The van der Waals surface area contributed by atoms with Gasteiger partial charge in [0.1, 0.15) is 5.75 Å². The van der Waals surface area contributed by atoms with E-state index < -0.39 is 27.1 Å². The number of aromatic nitrogens is 2. The van der Waals surface area contributed by atoms with Crippen molar-refractivity contribution in [2.24, 2.45) is 0 Å². The third-order valence-corrected chi connectivity index (χ3v) is 3.38. The summed E-state index contributed by atoms with van der Waals surface area (Å²) >= 11 is 0. The van der Waals surface area contributed by atoms with E-state index in [1.54, 1.807) is 0 Å². The highest BCUT2D eigenvalue weighted by atomic mass is 32.2. The van der Waals surface area contributed by atoms with Crippen LogP contribution in [0.5, 0.6) is 11.6 Å². The van der Waals surface area contributed by atoms with Crippen LogP contribution in [0.3, 0.4) is 0 Å². The Hall–Kier alpha value is -2.30. The molecule has 11 heteroatoms. The lowest BCUT2D eigenvalue weighted by Gasteiger charge is -2.10. The smallest absolute Gasteiger partial charge is 0.497 e. The Morgan fingerprint density at radius 1 is 1.24 bits per heavy atom. The van der Waals surface area contributed by atoms with Gasteiger partial charge in [0.05, 0.1) is 17.9 Å². The molecule has 0 amide bonds. The van der Waals surface area contributed by atoms with Gasteiger partial charge < -0.3 is 8.92 Å². The van der Waals surface area contributed by atoms with E-state index in [1.807, 2.05) is 5.10 Å². The van der Waals surface area contributed by atoms with Crippen LogP contribution >= 0.6 is 0 Å². The zero-order valence-corrected chi connectivity index (χ0v) is 11.1. The van der Waals surface area contributed by atoms with Crippen molar-refractivity contribution in [2.45, 2.75) is 5.51 Å². The maximum Gasteiger partial charge on any atom is 0.534 e. The zero-order chi connectivity index (χ0) is 15.8.